The molecule has 1 aliphatic carbocycles. The Morgan fingerprint density at radius 3 is 2.75 bits per heavy atom. The minimum absolute atomic E-state index is 0.0315. The zero-order valence-corrected chi connectivity index (χ0v) is 8.52. The number of thioether (sulfide) groups is 1. The first kappa shape index (κ1) is 9.90. The average Bonchev–Trinajstić information content (AvgIpc) is 2.88. The molecule has 0 radical (unpaired) electrons. The third-order valence-electron chi connectivity index (χ3n) is 1.99. The molecule has 1 aliphatic rings. The quantitative estimate of drug-likeness (QED) is 0.618. The summed E-state index contributed by atoms with van der Waals surface area (Å²) < 4.78 is 4.75. The van der Waals surface area contributed by atoms with Crippen molar-refractivity contribution in [1.82, 2.24) is 0 Å². The Labute approximate surface area is 78.1 Å². The van der Waals surface area contributed by atoms with Crippen LogP contribution in [0.15, 0.2) is 0 Å². The van der Waals surface area contributed by atoms with Crippen LogP contribution in [0.5, 0.6) is 0 Å². The van der Waals surface area contributed by atoms with Gasteiger partial charge in [-0.2, -0.15) is 0 Å². The van der Waals surface area contributed by atoms with E-state index in [1.54, 1.807) is 11.8 Å². The molecule has 1 rings (SSSR count). The molecule has 0 heterocycles. The van der Waals surface area contributed by atoms with E-state index in [9.17, 15) is 4.79 Å². The maximum atomic E-state index is 11.3. The van der Waals surface area contributed by atoms with Crippen molar-refractivity contribution in [3.05, 3.63) is 0 Å². The number of methoxy groups -OCH3 is 1. The van der Waals surface area contributed by atoms with Crippen molar-refractivity contribution in [2.45, 2.75) is 31.4 Å². The van der Waals surface area contributed by atoms with Gasteiger partial charge in [-0.1, -0.05) is 6.92 Å². The first-order valence-corrected chi connectivity index (χ1v) is 5.54. The molecule has 1 fully saturated rings. The Kier molecular flexibility index (Phi) is 3.92. The highest BCUT2D eigenvalue weighted by molar-refractivity contribution is 8.00. The zero-order chi connectivity index (χ0) is 8.97. The third-order valence-corrected chi connectivity index (χ3v) is 3.57. The molecule has 0 aromatic carbocycles. The van der Waals surface area contributed by atoms with E-state index in [1.165, 1.54) is 20.0 Å². The van der Waals surface area contributed by atoms with Gasteiger partial charge in [-0.3, -0.25) is 4.79 Å². The lowest BCUT2D eigenvalue weighted by atomic mass is 10.3. The molecule has 3 heteroatoms. The fraction of sp³-hybridized carbons (Fsp3) is 0.889. The molecule has 0 amide bonds. The minimum Gasteiger partial charge on any atom is -0.468 e. The SMILES string of the molecule is CCCSC(C(=O)OC)C1CC1. The number of carbonyl (C=O) groups excluding carboxylic acids is 1. The smallest absolute Gasteiger partial charge is 0.319 e. The van der Waals surface area contributed by atoms with Gasteiger partial charge in [0.25, 0.3) is 0 Å². The lowest BCUT2D eigenvalue weighted by molar-refractivity contribution is -0.140. The Bertz CT molecular complexity index is 155. The van der Waals surface area contributed by atoms with Crippen LogP contribution in [-0.2, 0) is 9.53 Å². The van der Waals surface area contributed by atoms with Gasteiger partial charge in [0.2, 0.25) is 0 Å². The molecule has 0 aliphatic heterocycles. The second-order valence-corrected chi connectivity index (χ2v) is 4.40. The fourth-order valence-electron chi connectivity index (χ4n) is 1.16. The molecule has 0 aromatic rings. The van der Waals surface area contributed by atoms with E-state index < -0.39 is 0 Å². The van der Waals surface area contributed by atoms with Crippen LogP contribution in [0, 0.1) is 5.92 Å². The van der Waals surface area contributed by atoms with E-state index in [0.29, 0.717) is 5.92 Å². The molecule has 1 saturated carbocycles. The van der Waals surface area contributed by atoms with Gasteiger partial charge in [-0.05, 0) is 30.9 Å². The molecular formula is C9H16O2S. The average molecular weight is 188 g/mol. The largest absolute Gasteiger partial charge is 0.468 e. The number of hydrogen-bond acceptors (Lipinski definition) is 3. The van der Waals surface area contributed by atoms with E-state index in [1.807, 2.05) is 0 Å². The predicted octanol–water partition coefficient (Wildman–Crippen LogP) is 2.08. The summed E-state index contributed by atoms with van der Waals surface area (Å²) in [6, 6.07) is 0. The van der Waals surface area contributed by atoms with Gasteiger partial charge in [0, 0.05) is 0 Å². The van der Waals surface area contributed by atoms with Crippen LogP contribution in [0.2, 0.25) is 0 Å². The number of ether oxygens (including phenoxy) is 1. The van der Waals surface area contributed by atoms with Crippen molar-refractivity contribution in [2.24, 2.45) is 5.92 Å². The van der Waals surface area contributed by atoms with Crippen molar-refractivity contribution in [1.29, 1.82) is 0 Å². The van der Waals surface area contributed by atoms with E-state index in [2.05, 4.69) is 6.92 Å². The van der Waals surface area contributed by atoms with Crippen LogP contribution in [0.4, 0.5) is 0 Å². The maximum Gasteiger partial charge on any atom is 0.319 e. The molecule has 0 bridgehead atoms. The Balaban J connectivity index is 2.32. The van der Waals surface area contributed by atoms with Crippen molar-refractivity contribution >= 4 is 17.7 Å². The molecule has 70 valence electrons. The summed E-state index contributed by atoms with van der Waals surface area (Å²) in [6.07, 6.45) is 3.54. The van der Waals surface area contributed by atoms with Crippen LogP contribution >= 0.6 is 11.8 Å². The van der Waals surface area contributed by atoms with Gasteiger partial charge in [-0.25, -0.2) is 0 Å². The number of carbonyl (C=O) groups is 1. The fourth-order valence-corrected chi connectivity index (χ4v) is 2.42. The van der Waals surface area contributed by atoms with Crippen molar-refractivity contribution in [2.75, 3.05) is 12.9 Å². The summed E-state index contributed by atoms with van der Waals surface area (Å²) >= 11 is 1.75. The van der Waals surface area contributed by atoms with E-state index >= 15 is 0 Å². The molecular weight excluding hydrogens is 172 g/mol. The Morgan fingerprint density at radius 2 is 2.33 bits per heavy atom. The summed E-state index contributed by atoms with van der Waals surface area (Å²) in [5.41, 5.74) is 0. The summed E-state index contributed by atoms with van der Waals surface area (Å²) in [5, 5.41) is 0.120. The maximum absolute atomic E-state index is 11.3. The summed E-state index contributed by atoms with van der Waals surface area (Å²) in [7, 11) is 1.48. The highest BCUT2D eigenvalue weighted by Crippen LogP contribution is 2.39. The number of esters is 1. The van der Waals surface area contributed by atoms with Gasteiger partial charge < -0.3 is 4.74 Å². The lowest BCUT2D eigenvalue weighted by Gasteiger charge is -2.11. The van der Waals surface area contributed by atoms with E-state index in [-0.39, 0.29) is 11.2 Å². The molecule has 0 spiro atoms. The summed E-state index contributed by atoms with van der Waals surface area (Å²) in [5.74, 6) is 1.64. The van der Waals surface area contributed by atoms with Gasteiger partial charge >= 0.3 is 5.97 Å². The molecule has 1 unspecified atom stereocenters. The molecule has 12 heavy (non-hydrogen) atoms. The Morgan fingerprint density at radius 1 is 1.67 bits per heavy atom. The standard InChI is InChI=1S/C9H16O2S/c1-3-6-12-8(7-4-5-7)9(10)11-2/h7-8H,3-6H2,1-2H3. The topological polar surface area (TPSA) is 26.3 Å². The number of hydrogen-bond donors (Lipinski definition) is 0. The number of rotatable bonds is 5. The van der Waals surface area contributed by atoms with Gasteiger partial charge in [0.15, 0.2) is 0 Å². The highest BCUT2D eigenvalue weighted by Gasteiger charge is 2.36. The van der Waals surface area contributed by atoms with E-state index in [4.69, 9.17) is 4.74 Å². The third kappa shape index (κ3) is 2.70. The molecule has 2 nitrogen and oxygen atoms in total. The Hall–Kier alpha value is -0.180. The van der Waals surface area contributed by atoms with Crippen molar-refractivity contribution < 1.29 is 9.53 Å². The first-order valence-electron chi connectivity index (χ1n) is 4.49. The van der Waals surface area contributed by atoms with E-state index in [0.717, 1.165) is 12.2 Å². The second kappa shape index (κ2) is 4.75. The van der Waals surface area contributed by atoms with Gasteiger partial charge in [0.05, 0.1) is 7.11 Å². The van der Waals surface area contributed by atoms with Crippen LogP contribution in [-0.4, -0.2) is 24.1 Å². The van der Waals surface area contributed by atoms with Gasteiger partial charge in [0.1, 0.15) is 5.25 Å². The predicted molar refractivity (Wildman–Crippen MR) is 51.3 cm³/mol. The van der Waals surface area contributed by atoms with Crippen LogP contribution in [0.3, 0.4) is 0 Å². The normalized spacial score (nSPS) is 18.8. The minimum atomic E-state index is -0.0315. The van der Waals surface area contributed by atoms with Crippen LogP contribution in [0.25, 0.3) is 0 Å². The monoisotopic (exact) mass is 188 g/mol. The second-order valence-electron chi connectivity index (χ2n) is 3.15. The zero-order valence-electron chi connectivity index (χ0n) is 7.71. The van der Waals surface area contributed by atoms with Crippen LogP contribution < -0.4 is 0 Å². The first-order chi connectivity index (χ1) is 5.79. The molecule has 0 aromatic heterocycles. The van der Waals surface area contributed by atoms with Gasteiger partial charge in [-0.15, -0.1) is 11.8 Å². The molecule has 1 atom stereocenters. The summed E-state index contributed by atoms with van der Waals surface area (Å²) in [4.78, 5) is 11.3. The van der Waals surface area contributed by atoms with Crippen molar-refractivity contribution in [3.8, 4) is 0 Å². The molecule has 0 saturated heterocycles. The summed E-state index contributed by atoms with van der Waals surface area (Å²) in [6.45, 7) is 2.13. The highest BCUT2D eigenvalue weighted by atomic mass is 32.2. The van der Waals surface area contributed by atoms with Crippen molar-refractivity contribution in [3.63, 3.8) is 0 Å². The lowest BCUT2D eigenvalue weighted by Crippen LogP contribution is -2.21. The molecule has 0 N–H and O–H groups in total. The van der Waals surface area contributed by atoms with Crippen LogP contribution in [0.1, 0.15) is 26.2 Å².